The summed E-state index contributed by atoms with van der Waals surface area (Å²) in [5.41, 5.74) is 11.9. The van der Waals surface area contributed by atoms with Crippen LogP contribution in [0.2, 0.25) is 0 Å². The first-order valence-corrected chi connectivity index (χ1v) is 25.0. The van der Waals surface area contributed by atoms with E-state index in [1.165, 1.54) is 53.4 Å². The van der Waals surface area contributed by atoms with E-state index in [1.54, 1.807) is 27.7 Å². The van der Waals surface area contributed by atoms with Gasteiger partial charge in [-0.05, 0) is 92.3 Å². The molecule has 4 rings (SSSR count). The number of aliphatic carboxylic acids is 2. The van der Waals surface area contributed by atoms with E-state index in [2.05, 4.69) is 42.2 Å². The number of aromatic hydroxyl groups is 2. The lowest BCUT2D eigenvalue weighted by molar-refractivity contribution is -0.145. The van der Waals surface area contributed by atoms with E-state index in [-0.39, 0.29) is 62.7 Å². The summed E-state index contributed by atoms with van der Waals surface area (Å²) >= 11 is 0. The lowest BCUT2D eigenvalue weighted by Gasteiger charge is -2.33. The fourth-order valence-corrected chi connectivity index (χ4v) is 8.66. The van der Waals surface area contributed by atoms with Crippen LogP contribution in [0.4, 0.5) is 0 Å². The van der Waals surface area contributed by atoms with Crippen LogP contribution in [0.3, 0.4) is 0 Å². The second-order valence-electron chi connectivity index (χ2n) is 19.0. The Hall–Kier alpha value is -7.50. The fourth-order valence-electron chi connectivity index (χ4n) is 8.66. The van der Waals surface area contributed by atoms with Crippen LogP contribution in [0.1, 0.15) is 96.6 Å². The predicted octanol–water partition coefficient (Wildman–Crippen LogP) is -0.760. The monoisotopic (exact) mass is 1040 g/mol. The molecule has 0 aromatic heterocycles. The van der Waals surface area contributed by atoms with Crippen LogP contribution in [0.5, 0.6) is 11.5 Å². The van der Waals surface area contributed by atoms with Gasteiger partial charge in [0.2, 0.25) is 41.4 Å². The Morgan fingerprint density at radius 2 is 1.19 bits per heavy atom. The quantitative estimate of drug-likeness (QED) is 0.0283. The Morgan fingerprint density at radius 1 is 0.662 bits per heavy atom. The molecule has 406 valence electrons. The van der Waals surface area contributed by atoms with E-state index in [0.717, 1.165) is 6.42 Å². The number of carboxylic acid groups (broad SMARTS) is 2. The number of phenols is 2. The maximum Gasteiger partial charge on any atom is 0.326 e. The highest BCUT2D eigenvalue weighted by molar-refractivity contribution is 5.99. The second kappa shape index (κ2) is 28.7. The van der Waals surface area contributed by atoms with Crippen LogP contribution >= 0.6 is 0 Å². The molecule has 2 heterocycles. The summed E-state index contributed by atoms with van der Waals surface area (Å²) in [4.78, 5) is 128. The summed E-state index contributed by atoms with van der Waals surface area (Å²) in [6.45, 7) is 7.73. The van der Waals surface area contributed by atoms with Crippen molar-refractivity contribution in [1.82, 2.24) is 42.1 Å². The number of rotatable bonds is 28. The minimum atomic E-state index is -1.82. The molecule has 2 aliphatic rings. The SMILES string of the molecule is CC[C@H](C)[C@H](NC(=O)[C@H](CCCN=C(N)N)NC(=O)[C@@H]1CCCN1)C(=O)N[C@@H](Cc1ccc(O)cc1)C(=O)N[C@@H](CC(=O)O)C(=O)N[C@H](C(=O)N1CCC[C@H]1C(=O)N[C@@H](Cc1ccc(O)cc1)C(=O)O)[C@@H](C)CC. The van der Waals surface area contributed by atoms with Crippen LogP contribution < -0.4 is 48.7 Å². The number of guanidine groups is 1. The molecule has 2 aromatic carbocycles. The van der Waals surface area contributed by atoms with Crippen molar-refractivity contribution in [2.45, 2.75) is 147 Å². The fraction of sp³-hybridized carbons (Fsp3) is 0.560. The van der Waals surface area contributed by atoms with Gasteiger partial charge >= 0.3 is 11.9 Å². The molecule has 0 bridgehead atoms. The molecule has 74 heavy (non-hydrogen) atoms. The molecule has 0 radical (unpaired) electrons. The van der Waals surface area contributed by atoms with Gasteiger partial charge in [0.05, 0.1) is 12.5 Å². The Bertz CT molecular complexity index is 2310. The Labute approximate surface area is 429 Å². The molecule has 0 unspecified atom stereocenters. The number of carbonyl (C=O) groups is 9. The predicted molar refractivity (Wildman–Crippen MR) is 270 cm³/mol. The van der Waals surface area contributed by atoms with Crippen molar-refractivity contribution in [2.75, 3.05) is 19.6 Å². The number of nitrogens with two attached hydrogens (primary N) is 2. The highest BCUT2D eigenvalue weighted by Crippen LogP contribution is 2.23. The number of benzene rings is 2. The normalized spacial score (nSPS) is 18.4. The Balaban J connectivity index is 1.57. The summed E-state index contributed by atoms with van der Waals surface area (Å²) in [5.74, 6) is -9.71. The van der Waals surface area contributed by atoms with Gasteiger partial charge in [-0.15, -0.1) is 0 Å². The number of nitrogens with one attached hydrogen (secondary N) is 7. The number of aliphatic imine (C=N–C) groups is 1. The van der Waals surface area contributed by atoms with Gasteiger partial charge in [-0.2, -0.15) is 0 Å². The molecule has 0 aliphatic carbocycles. The van der Waals surface area contributed by atoms with Gasteiger partial charge in [0, 0.05) is 25.9 Å². The molecule has 2 aliphatic heterocycles. The number of amides is 7. The summed E-state index contributed by atoms with van der Waals surface area (Å²) in [6, 6.07) is 1.32. The zero-order valence-electron chi connectivity index (χ0n) is 42.3. The maximum absolute atomic E-state index is 14.4. The molecule has 10 atom stereocenters. The van der Waals surface area contributed by atoms with E-state index < -0.39 is 120 Å². The topological polar surface area (TPSA) is 386 Å². The van der Waals surface area contributed by atoms with Crippen LogP contribution in [0, 0.1) is 11.8 Å². The Kier molecular flexibility index (Phi) is 22.9. The van der Waals surface area contributed by atoms with Gasteiger partial charge in [-0.25, -0.2) is 4.79 Å². The molecule has 2 saturated heterocycles. The minimum absolute atomic E-state index is 0.0293. The first kappa shape index (κ1) is 59.1. The van der Waals surface area contributed by atoms with Crippen molar-refractivity contribution >= 4 is 59.2 Å². The van der Waals surface area contributed by atoms with Crippen molar-refractivity contribution in [3.05, 3.63) is 59.7 Å². The van der Waals surface area contributed by atoms with Gasteiger partial charge in [-0.3, -0.25) is 43.3 Å². The number of phenolic OH excluding ortho intramolecular Hbond substituents is 2. The van der Waals surface area contributed by atoms with Gasteiger partial charge in [0.15, 0.2) is 5.96 Å². The van der Waals surface area contributed by atoms with Crippen molar-refractivity contribution < 1.29 is 63.6 Å². The third-order valence-electron chi connectivity index (χ3n) is 13.4. The molecular formula is C50H73N11O13. The van der Waals surface area contributed by atoms with Crippen molar-refractivity contribution in [3.8, 4) is 11.5 Å². The van der Waals surface area contributed by atoms with Crippen molar-refractivity contribution in [1.29, 1.82) is 0 Å². The smallest absolute Gasteiger partial charge is 0.326 e. The van der Waals surface area contributed by atoms with Crippen LogP contribution in [0.15, 0.2) is 53.5 Å². The molecular weight excluding hydrogens is 963 g/mol. The lowest BCUT2D eigenvalue weighted by atomic mass is 9.96. The number of carbonyl (C=O) groups excluding carboxylic acids is 7. The van der Waals surface area contributed by atoms with Gasteiger partial charge in [0.1, 0.15) is 53.8 Å². The lowest BCUT2D eigenvalue weighted by Crippen LogP contribution is -2.62. The van der Waals surface area contributed by atoms with E-state index in [4.69, 9.17) is 11.5 Å². The van der Waals surface area contributed by atoms with Crippen LogP contribution in [-0.4, -0.2) is 153 Å². The third-order valence-corrected chi connectivity index (χ3v) is 13.4. The maximum atomic E-state index is 14.4. The molecule has 0 saturated carbocycles. The number of hydrogen-bond acceptors (Lipinski definition) is 13. The second-order valence-corrected chi connectivity index (χ2v) is 19.0. The molecule has 24 heteroatoms. The zero-order valence-corrected chi connectivity index (χ0v) is 42.3. The Morgan fingerprint density at radius 3 is 1.73 bits per heavy atom. The number of hydrogen-bond donors (Lipinski definition) is 13. The van der Waals surface area contributed by atoms with E-state index in [9.17, 15) is 63.6 Å². The molecule has 2 fully saturated rings. The van der Waals surface area contributed by atoms with E-state index >= 15 is 0 Å². The first-order chi connectivity index (χ1) is 35.1. The van der Waals surface area contributed by atoms with Crippen molar-refractivity contribution in [3.63, 3.8) is 0 Å². The summed E-state index contributed by atoms with van der Waals surface area (Å²) in [5, 5.41) is 58.4. The largest absolute Gasteiger partial charge is 0.508 e. The molecule has 24 nitrogen and oxygen atoms in total. The average Bonchev–Trinajstić information content (AvgIpc) is 4.10. The summed E-state index contributed by atoms with van der Waals surface area (Å²) in [6.07, 6.45) is 1.60. The highest BCUT2D eigenvalue weighted by atomic mass is 16.4. The molecule has 2 aromatic rings. The summed E-state index contributed by atoms with van der Waals surface area (Å²) < 4.78 is 0. The number of nitrogens with zero attached hydrogens (tertiary/aromatic N) is 2. The summed E-state index contributed by atoms with van der Waals surface area (Å²) in [7, 11) is 0. The van der Waals surface area contributed by atoms with Crippen LogP contribution in [0.25, 0.3) is 0 Å². The van der Waals surface area contributed by atoms with Crippen molar-refractivity contribution in [2.24, 2.45) is 28.3 Å². The molecule has 7 amide bonds. The first-order valence-electron chi connectivity index (χ1n) is 25.0. The van der Waals surface area contributed by atoms with Gasteiger partial charge < -0.3 is 74.0 Å². The highest BCUT2D eigenvalue weighted by Gasteiger charge is 2.42. The standard InChI is InChI=1S/C50H73N11O13/c1-5-27(3)40(59-43(67)34(11-8-22-54-50(51)52)55-42(66)33-10-7-21-53-33)47(71)57-35(24-29-13-17-31(62)18-14-29)44(68)56-36(26-39(64)65)45(69)60-41(28(4)6-2)48(72)61-23-9-12-38(61)46(70)58-37(49(73)74)25-30-15-19-32(63)20-16-30/h13-20,27-28,33-38,40-41,53,62-63H,5-12,21-26H2,1-4H3,(H,55,66)(H,56,68)(H,57,71)(H,58,70)(H,59,67)(H,60,69)(H,64,65)(H,73,74)(H4,51,52,54)/t27-,28-,33-,34-,35-,36-,37-,38-,40-,41-/m0/s1. The van der Waals surface area contributed by atoms with Gasteiger partial charge in [0.25, 0.3) is 0 Å². The zero-order chi connectivity index (χ0) is 54.6. The van der Waals surface area contributed by atoms with Gasteiger partial charge in [-0.1, -0.05) is 64.8 Å². The van der Waals surface area contributed by atoms with E-state index in [1.807, 2.05) is 0 Å². The molecule has 0 spiro atoms. The average molecular weight is 1040 g/mol. The number of carboxylic acids is 2. The minimum Gasteiger partial charge on any atom is -0.508 e. The molecule has 15 N–H and O–H groups in total. The van der Waals surface area contributed by atoms with E-state index in [0.29, 0.717) is 43.4 Å². The number of likely N-dealkylation sites (tertiary alicyclic amines) is 1. The van der Waals surface area contributed by atoms with Crippen LogP contribution in [-0.2, 0) is 56.0 Å². The third kappa shape index (κ3) is 17.9.